The van der Waals surface area contributed by atoms with Crippen LogP contribution >= 0.6 is 0 Å². The maximum Gasteiger partial charge on any atom is 0.0784 e. The van der Waals surface area contributed by atoms with E-state index in [-0.39, 0.29) is 36.6 Å². The summed E-state index contributed by atoms with van der Waals surface area (Å²) in [5, 5.41) is 0. The molecular formula is C18H38O5. The van der Waals surface area contributed by atoms with Gasteiger partial charge in [-0.2, -0.15) is 0 Å². The first-order chi connectivity index (χ1) is 10.7. The van der Waals surface area contributed by atoms with Crippen molar-refractivity contribution in [3.63, 3.8) is 0 Å². The maximum absolute atomic E-state index is 5.76. The molecule has 0 spiro atoms. The van der Waals surface area contributed by atoms with E-state index < -0.39 is 0 Å². The summed E-state index contributed by atoms with van der Waals surface area (Å²) in [6.45, 7) is 18.4. The van der Waals surface area contributed by atoms with Gasteiger partial charge in [-0.3, -0.25) is 0 Å². The van der Waals surface area contributed by atoms with Gasteiger partial charge >= 0.3 is 0 Å². The van der Waals surface area contributed by atoms with Crippen LogP contribution in [0.4, 0.5) is 0 Å². The molecule has 0 radical (unpaired) electrons. The van der Waals surface area contributed by atoms with Crippen LogP contribution in [0.2, 0.25) is 0 Å². The molecule has 5 heteroatoms. The number of ether oxygens (including phenoxy) is 5. The predicted octanol–water partition coefficient (Wildman–Crippen LogP) is 3.44. The molecule has 0 saturated carbocycles. The van der Waals surface area contributed by atoms with Crippen molar-refractivity contribution < 1.29 is 23.7 Å². The molecule has 0 aliphatic heterocycles. The van der Waals surface area contributed by atoms with Crippen molar-refractivity contribution in [3.8, 4) is 0 Å². The van der Waals surface area contributed by atoms with E-state index in [0.29, 0.717) is 26.4 Å². The molecule has 0 aliphatic carbocycles. The fourth-order valence-electron chi connectivity index (χ4n) is 1.88. The second kappa shape index (κ2) is 13.1. The molecule has 0 aromatic heterocycles. The van der Waals surface area contributed by atoms with E-state index >= 15 is 0 Å². The second-order valence-electron chi connectivity index (χ2n) is 6.81. The van der Waals surface area contributed by atoms with Crippen LogP contribution in [0, 0.1) is 0 Å². The highest BCUT2D eigenvalue weighted by atomic mass is 16.6. The zero-order chi connectivity index (χ0) is 17.8. The highest BCUT2D eigenvalue weighted by Crippen LogP contribution is 2.04. The SMILES string of the molecule is CC(C)OCC(C)OCC(C)OCC(C)OCC(C)OC(C)C. The van der Waals surface area contributed by atoms with E-state index in [1.807, 2.05) is 55.4 Å². The van der Waals surface area contributed by atoms with Gasteiger partial charge in [-0.1, -0.05) is 0 Å². The first-order valence-electron chi connectivity index (χ1n) is 8.82. The molecule has 0 saturated heterocycles. The average Bonchev–Trinajstić information content (AvgIpc) is 2.45. The minimum absolute atomic E-state index is 0.0342. The average molecular weight is 334 g/mol. The van der Waals surface area contributed by atoms with E-state index in [1.165, 1.54) is 0 Å². The van der Waals surface area contributed by atoms with Gasteiger partial charge in [0.1, 0.15) is 0 Å². The standard InChI is InChI=1S/C18H38O5/c1-13(2)19-9-15(5)20-10-16(6)21-11-17(7)22-12-18(8)23-14(3)4/h13-18H,9-12H2,1-8H3. The van der Waals surface area contributed by atoms with Crippen molar-refractivity contribution in [2.45, 2.75) is 92.0 Å². The summed E-state index contributed by atoms with van der Waals surface area (Å²) in [6, 6.07) is 0. The van der Waals surface area contributed by atoms with Gasteiger partial charge in [0.05, 0.1) is 63.1 Å². The lowest BCUT2D eigenvalue weighted by Crippen LogP contribution is -2.29. The normalized spacial score (nSPS) is 17.5. The van der Waals surface area contributed by atoms with Crippen LogP contribution in [0.15, 0.2) is 0 Å². The van der Waals surface area contributed by atoms with Gasteiger partial charge in [-0.15, -0.1) is 0 Å². The predicted molar refractivity (Wildman–Crippen MR) is 93.0 cm³/mol. The largest absolute Gasteiger partial charge is 0.376 e. The lowest BCUT2D eigenvalue weighted by atomic mass is 10.3. The summed E-state index contributed by atoms with van der Waals surface area (Å²) in [5.74, 6) is 0. The third-order valence-electron chi connectivity index (χ3n) is 3.02. The first kappa shape index (κ1) is 22.8. The molecule has 4 atom stereocenters. The van der Waals surface area contributed by atoms with E-state index in [0.717, 1.165) is 0 Å². The van der Waals surface area contributed by atoms with E-state index in [1.54, 1.807) is 0 Å². The van der Waals surface area contributed by atoms with Crippen molar-refractivity contribution in [2.75, 3.05) is 26.4 Å². The molecule has 4 unspecified atom stereocenters. The Kier molecular flexibility index (Phi) is 13.0. The molecule has 0 fully saturated rings. The van der Waals surface area contributed by atoms with Crippen molar-refractivity contribution in [1.82, 2.24) is 0 Å². The van der Waals surface area contributed by atoms with Gasteiger partial charge < -0.3 is 23.7 Å². The van der Waals surface area contributed by atoms with Crippen molar-refractivity contribution in [2.24, 2.45) is 0 Å². The zero-order valence-corrected chi connectivity index (χ0v) is 16.3. The molecular weight excluding hydrogens is 296 g/mol. The fourth-order valence-corrected chi connectivity index (χ4v) is 1.88. The van der Waals surface area contributed by atoms with Crippen molar-refractivity contribution in [3.05, 3.63) is 0 Å². The maximum atomic E-state index is 5.76. The topological polar surface area (TPSA) is 46.2 Å². The van der Waals surface area contributed by atoms with Crippen LogP contribution in [0.5, 0.6) is 0 Å². The monoisotopic (exact) mass is 334 g/mol. The molecule has 0 aliphatic rings. The molecule has 0 aromatic rings. The van der Waals surface area contributed by atoms with Gasteiger partial charge in [-0.05, 0) is 55.4 Å². The lowest BCUT2D eigenvalue weighted by Gasteiger charge is -2.22. The lowest BCUT2D eigenvalue weighted by molar-refractivity contribution is -0.0991. The smallest absolute Gasteiger partial charge is 0.0784 e. The van der Waals surface area contributed by atoms with Crippen LogP contribution < -0.4 is 0 Å². The summed E-state index contributed by atoms with van der Waals surface area (Å²) in [6.07, 6.45) is 0.698. The first-order valence-corrected chi connectivity index (χ1v) is 8.82. The van der Waals surface area contributed by atoms with E-state index in [4.69, 9.17) is 23.7 Å². The molecule has 0 amide bonds. The van der Waals surface area contributed by atoms with Gasteiger partial charge in [0.25, 0.3) is 0 Å². The Bertz CT molecular complexity index is 270. The van der Waals surface area contributed by atoms with Crippen molar-refractivity contribution in [1.29, 1.82) is 0 Å². The molecule has 0 rings (SSSR count). The van der Waals surface area contributed by atoms with Gasteiger partial charge in [0.2, 0.25) is 0 Å². The van der Waals surface area contributed by atoms with Gasteiger partial charge in [0.15, 0.2) is 0 Å². The summed E-state index contributed by atoms with van der Waals surface area (Å²) < 4.78 is 28.4. The Hall–Kier alpha value is -0.200. The van der Waals surface area contributed by atoms with E-state index in [2.05, 4.69) is 0 Å². The molecule has 0 N–H and O–H groups in total. The molecule has 0 aromatic carbocycles. The van der Waals surface area contributed by atoms with Gasteiger partial charge in [0, 0.05) is 0 Å². The Balaban J connectivity index is 3.69. The van der Waals surface area contributed by atoms with Crippen LogP contribution in [-0.2, 0) is 23.7 Å². The van der Waals surface area contributed by atoms with Crippen LogP contribution in [0.1, 0.15) is 55.4 Å². The highest BCUT2D eigenvalue weighted by molar-refractivity contribution is 4.57. The highest BCUT2D eigenvalue weighted by Gasteiger charge is 2.12. The molecule has 0 heterocycles. The Morgan fingerprint density at radius 3 is 1.13 bits per heavy atom. The van der Waals surface area contributed by atoms with Crippen LogP contribution in [0.25, 0.3) is 0 Å². The molecule has 0 bridgehead atoms. The van der Waals surface area contributed by atoms with Crippen molar-refractivity contribution >= 4 is 0 Å². The number of hydrogen-bond acceptors (Lipinski definition) is 5. The Morgan fingerprint density at radius 1 is 0.435 bits per heavy atom. The zero-order valence-electron chi connectivity index (χ0n) is 16.3. The molecule has 5 nitrogen and oxygen atoms in total. The van der Waals surface area contributed by atoms with Gasteiger partial charge in [-0.25, -0.2) is 0 Å². The summed E-state index contributed by atoms with van der Waals surface area (Å²) >= 11 is 0. The number of hydrogen-bond donors (Lipinski definition) is 0. The summed E-state index contributed by atoms with van der Waals surface area (Å²) in [5.41, 5.74) is 0. The van der Waals surface area contributed by atoms with E-state index in [9.17, 15) is 0 Å². The summed E-state index contributed by atoms with van der Waals surface area (Å²) in [4.78, 5) is 0. The third-order valence-corrected chi connectivity index (χ3v) is 3.02. The third kappa shape index (κ3) is 15.1. The second-order valence-corrected chi connectivity index (χ2v) is 6.81. The quantitative estimate of drug-likeness (QED) is 0.487. The Morgan fingerprint density at radius 2 is 0.783 bits per heavy atom. The molecule has 23 heavy (non-hydrogen) atoms. The molecule has 140 valence electrons. The summed E-state index contributed by atoms with van der Waals surface area (Å²) in [7, 11) is 0. The minimum Gasteiger partial charge on any atom is -0.376 e. The van der Waals surface area contributed by atoms with Crippen LogP contribution in [-0.4, -0.2) is 63.1 Å². The number of rotatable bonds is 14. The Labute approximate surface area is 143 Å². The van der Waals surface area contributed by atoms with Crippen LogP contribution in [0.3, 0.4) is 0 Å². The minimum atomic E-state index is 0.0342. The fraction of sp³-hybridized carbons (Fsp3) is 1.00.